The highest BCUT2D eigenvalue weighted by atomic mass is 16.5. The van der Waals surface area contributed by atoms with Crippen LogP contribution in [0, 0.1) is 0 Å². The lowest BCUT2D eigenvalue weighted by Crippen LogP contribution is -2.43. The zero-order valence-electron chi connectivity index (χ0n) is 11.4. The topological polar surface area (TPSA) is 89.7 Å². The summed E-state index contributed by atoms with van der Waals surface area (Å²) in [6.07, 6.45) is 3.91. The second kappa shape index (κ2) is 7.89. The molecule has 0 saturated heterocycles. The summed E-state index contributed by atoms with van der Waals surface area (Å²) < 4.78 is 4.73. The SMILES string of the molecule is CCOC(=O)CC(=O)CN(CC(N)=O)C1CCCC1. The van der Waals surface area contributed by atoms with E-state index in [0.29, 0.717) is 0 Å². The summed E-state index contributed by atoms with van der Waals surface area (Å²) >= 11 is 0. The molecule has 0 bridgehead atoms. The van der Waals surface area contributed by atoms with Crippen molar-refractivity contribution in [2.24, 2.45) is 5.73 Å². The maximum Gasteiger partial charge on any atom is 0.313 e. The molecule has 1 saturated carbocycles. The van der Waals surface area contributed by atoms with Crippen molar-refractivity contribution in [2.45, 2.75) is 45.1 Å². The summed E-state index contributed by atoms with van der Waals surface area (Å²) in [6, 6.07) is 0.221. The standard InChI is InChI=1S/C13H22N2O4/c1-2-19-13(18)7-11(16)8-15(9-12(14)17)10-5-3-4-6-10/h10H,2-9H2,1H3,(H2,14,17). The van der Waals surface area contributed by atoms with Crippen LogP contribution in [0.5, 0.6) is 0 Å². The van der Waals surface area contributed by atoms with E-state index < -0.39 is 11.9 Å². The van der Waals surface area contributed by atoms with Crippen LogP contribution in [0.25, 0.3) is 0 Å². The minimum Gasteiger partial charge on any atom is -0.466 e. The molecule has 108 valence electrons. The summed E-state index contributed by atoms with van der Waals surface area (Å²) in [5.41, 5.74) is 5.20. The quantitative estimate of drug-likeness (QED) is 0.504. The zero-order valence-corrected chi connectivity index (χ0v) is 11.4. The summed E-state index contributed by atoms with van der Waals surface area (Å²) in [4.78, 5) is 35.8. The predicted molar refractivity (Wildman–Crippen MR) is 69.3 cm³/mol. The van der Waals surface area contributed by atoms with Gasteiger partial charge in [0.15, 0.2) is 5.78 Å². The average molecular weight is 270 g/mol. The first-order valence-corrected chi connectivity index (χ1v) is 6.72. The number of nitrogens with two attached hydrogens (primary N) is 1. The summed E-state index contributed by atoms with van der Waals surface area (Å²) in [5, 5.41) is 0. The van der Waals surface area contributed by atoms with Crippen LogP contribution in [-0.2, 0) is 19.1 Å². The van der Waals surface area contributed by atoms with E-state index in [-0.39, 0.29) is 37.9 Å². The van der Waals surface area contributed by atoms with E-state index in [9.17, 15) is 14.4 Å². The molecular weight excluding hydrogens is 248 g/mol. The van der Waals surface area contributed by atoms with Crippen molar-refractivity contribution in [1.82, 2.24) is 4.90 Å². The molecule has 0 heterocycles. The Morgan fingerprint density at radius 3 is 2.37 bits per heavy atom. The predicted octanol–water partition coefficient (Wildman–Crippen LogP) is 0.239. The Kier molecular flexibility index (Phi) is 6.49. The zero-order chi connectivity index (χ0) is 14.3. The summed E-state index contributed by atoms with van der Waals surface area (Å²) in [6.45, 7) is 2.12. The van der Waals surface area contributed by atoms with Crippen molar-refractivity contribution in [3.05, 3.63) is 0 Å². The third kappa shape index (κ3) is 5.83. The number of carbonyl (C=O) groups excluding carboxylic acids is 3. The number of ether oxygens (including phenoxy) is 1. The van der Waals surface area contributed by atoms with Gasteiger partial charge in [0.25, 0.3) is 0 Å². The molecule has 1 rings (SSSR count). The number of esters is 1. The fourth-order valence-corrected chi connectivity index (χ4v) is 2.44. The van der Waals surface area contributed by atoms with Gasteiger partial charge in [0.05, 0.1) is 19.7 Å². The van der Waals surface area contributed by atoms with Gasteiger partial charge in [-0.25, -0.2) is 0 Å². The first-order valence-electron chi connectivity index (χ1n) is 6.72. The van der Waals surface area contributed by atoms with Gasteiger partial charge in [-0.1, -0.05) is 12.8 Å². The van der Waals surface area contributed by atoms with Gasteiger partial charge in [0.2, 0.25) is 5.91 Å². The van der Waals surface area contributed by atoms with Crippen molar-refractivity contribution in [3.63, 3.8) is 0 Å². The van der Waals surface area contributed by atoms with Gasteiger partial charge in [-0.3, -0.25) is 19.3 Å². The van der Waals surface area contributed by atoms with Crippen LogP contribution >= 0.6 is 0 Å². The number of hydrogen-bond acceptors (Lipinski definition) is 5. The molecule has 1 fully saturated rings. The van der Waals surface area contributed by atoms with Crippen LogP contribution in [0.2, 0.25) is 0 Å². The van der Waals surface area contributed by atoms with E-state index in [1.54, 1.807) is 11.8 Å². The van der Waals surface area contributed by atoms with E-state index in [1.165, 1.54) is 0 Å². The Bertz CT molecular complexity index is 338. The third-order valence-corrected chi connectivity index (χ3v) is 3.23. The first kappa shape index (κ1) is 15.6. The van der Waals surface area contributed by atoms with E-state index >= 15 is 0 Å². The van der Waals surface area contributed by atoms with E-state index in [0.717, 1.165) is 25.7 Å². The number of hydrogen-bond donors (Lipinski definition) is 1. The minimum atomic E-state index is -0.516. The third-order valence-electron chi connectivity index (χ3n) is 3.23. The number of Topliss-reactive ketones (excluding diaryl/α,β-unsaturated/α-hetero) is 1. The maximum absolute atomic E-state index is 11.8. The molecule has 2 N–H and O–H groups in total. The molecule has 6 heteroatoms. The van der Waals surface area contributed by atoms with Crippen LogP contribution in [0.1, 0.15) is 39.0 Å². The molecule has 0 aromatic heterocycles. The largest absolute Gasteiger partial charge is 0.466 e. The van der Waals surface area contributed by atoms with Gasteiger partial charge >= 0.3 is 5.97 Å². The lowest BCUT2D eigenvalue weighted by molar-refractivity contribution is -0.145. The highest BCUT2D eigenvalue weighted by Gasteiger charge is 2.26. The Morgan fingerprint density at radius 1 is 1.21 bits per heavy atom. The van der Waals surface area contributed by atoms with Gasteiger partial charge in [-0.15, -0.1) is 0 Å². The van der Waals surface area contributed by atoms with Gasteiger partial charge in [-0.2, -0.15) is 0 Å². The smallest absolute Gasteiger partial charge is 0.313 e. The summed E-state index contributed by atoms with van der Waals surface area (Å²) in [7, 11) is 0. The Labute approximate surface area is 113 Å². The second-order valence-corrected chi connectivity index (χ2v) is 4.83. The minimum absolute atomic E-state index is 0.0687. The molecule has 0 spiro atoms. The Morgan fingerprint density at radius 2 is 1.84 bits per heavy atom. The fraction of sp³-hybridized carbons (Fsp3) is 0.769. The molecule has 0 aromatic rings. The number of ketones is 1. The van der Waals surface area contributed by atoms with E-state index in [2.05, 4.69) is 0 Å². The van der Waals surface area contributed by atoms with Crippen molar-refractivity contribution < 1.29 is 19.1 Å². The average Bonchev–Trinajstić information content (AvgIpc) is 2.80. The monoisotopic (exact) mass is 270 g/mol. The first-order chi connectivity index (χ1) is 9.02. The van der Waals surface area contributed by atoms with Gasteiger partial charge in [-0.05, 0) is 19.8 Å². The van der Waals surface area contributed by atoms with E-state index in [1.807, 2.05) is 0 Å². The number of rotatable bonds is 8. The van der Waals surface area contributed by atoms with Crippen LogP contribution in [-0.4, -0.2) is 48.3 Å². The molecule has 0 aliphatic heterocycles. The molecule has 0 radical (unpaired) electrons. The molecule has 1 aliphatic carbocycles. The van der Waals surface area contributed by atoms with Gasteiger partial charge < -0.3 is 10.5 Å². The highest BCUT2D eigenvalue weighted by Crippen LogP contribution is 2.23. The lowest BCUT2D eigenvalue weighted by Gasteiger charge is -2.26. The molecular formula is C13H22N2O4. The summed E-state index contributed by atoms with van der Waals surface area (Å²) in [5.74, 6) is -1.19. The van der Waals surface area contributed by atoms with Crippen LogP contribution in [0.4, 0.5) is 0 Å². The normalized spacial score (nSPS) is 15.7. The van der Waals surface area contributed by atoms with Crippen molar-refractivity contribution in [3.8, 4) is 0 Å². The van der Waals surface area contributed by atoms with Crippen LogP contribution in [0.15, 0.2) is 0 Å². The van der Waals surface area contributed by atoms with Crippen molar-refractivity contribution in [2.75, 3.05) is 19.7 Å². The molecule has 0 unspecified atom stereocenters. The van der Waals surface area contributed by atoms with Crippen molar-refractivity contribution >= 4 is 17.7 Å². The van der Waals surface area contributed by atoms with Crippen LogP contribution < -0.4 is 5.73 Å². The fourth-order valence-electron chi connectivity index (χ4n) is 2.44. The molecule has 19 heavy (non-hydrogen) atoms. The Hall–Kier alpha value is -1.43. The number of amides is 1. The maximum atomic E-state index is 11.8. The molecule has 1 amide bonds. The second-order valence-electron chi connectivity index (χ2n) is 4.83. The number of nitrogens with zero attached hydrogens (tertiary/aromatic N) is 1. The number of primary amides is 1. The highest BCUT2D eigenvalue weighted by molar-refractivity contribution is 5.96. The van der Waals surface area contributed by atoms with Crippen molar-refractivity contribution in [1.29, 1.82) is 0 Å². The molecule has 0 aromatic carbocycles. The Balaban J connectivity index is 2.48. The van der Waals surface area contributed by atoms with Gasteiger partial charge in [0, 0.05) is 6.04 Å². The lowest BCUT2D eigenvalue weighted by atomic mass is 10.1. The van der Waals surface area contributed by atoms with Crippen LogP contribution in [0.3, 0.4) is 0 Å². The molecule has 6 nitrogen and oxygen atoms in total. The molecule has 1 aliphatic rings. The molecule has 0 atom stereocenters. The van der Waals surface area contributed by atoms with E-state index in [4.69, 9.17) is 10.5 Å². The van der Waals surface area contributed by atoms with Gasteiger partial charge in [0.1, 0.15) is 6.42 Å². The number of carbonyl (C=O) groups is 3.